The van der Waals surface area contributed by atoms with Crippen LogP contribution >= 0.6 is 35.3 Å². The quantitative estimate of drug-likeness (QED) is 0.252. The Morgan fingerprint density at radius 2 is 1.96 bits per heavy atom. The number of hydrogen-bond acceptors (Lipinski definition) is 4. The highest BCUT2D eigenvalue weighted by Gasteiger charge is 2.03. The average Bonchev–Trinajstić information content (AvgIpc) is 3.05. The Morgan fingerprint density at radius 1 is 1.12 bits per heavy atom. The maximum atomic E-state index is 4.66. The van der Waals surface area contributed by atoms with Gasteiger partial charge >= 0.3 is 0 Å². The number of aliphatic imine (C=N–C) groups is 1. The number of halogens is 1. The Labute approximate surface area is 169 Å². The van der Waals surface area contributed by atoms with Crippen molar-refractivity contribution >= 4 is 51.5 Å². The zero-order chi connectivity index (χ0) is 16.6. The SMILES string of the molecule is CN=C(NCCCc1nc2ccccc2s1)NCc1ccccn1.I. The number of rotatable bonds is 6. The monoisotopic (exact) mass is 467 g/mol. The molecule has 0 aliphatic carbocycles. The van der Waals surface area contributed by atoms with Crippen LogP contribution in [0.2, 0.25) is 0 Å². The van der Waals surface area contributed by atoms with Crippen molar-refractivity contribution < 1.29 is 0 Å². The molecule has 3 rings (SSSR count). The first-order chi connectivity index (χ1) is 11.8. The molecule has 5 nitrogen and oxygen atoms in total. The molecule has 0 radical (unpaired) electrons. The molecule has 2 N–H and O–H groups in total. The first-order valence-electron chi connectivity index (χ1n) is 8.04. The van der Waals surface area contributed by atoms with Crippen molar-refractivity contribution in [1.29, 1.82) is 0 Å². The van der Waals surface area contributed by atoms with Crippen LogP contribution in [0.3, 0.4) is 0 Å². The second-order valence-corrected chi connectivity index (χ2v) is 6.47. The summed E-state index contributed by atoms with van der Waals surface area (Å²) in [4.78, 5) is 13.2. The van der Waals surface area contributed by atoms with Gasteiger partial charge in [0.05, 0.1) is 27.5 Å². The van der Waals surface area contributed by atoms with Crippen molar-refractivity contribution in [3.8, 4) is 0 Å². The number of hydrogen-bond donors (Lipinski definition) is 2. The molecule has 0 aliphatic heterocycles. The molecule has 0 amide bonds. The van der Waals surface area contributed by atoms with Gasteiger partial charge in [0.25, 0.3) is 0 Å². The second kappa shape index (κ2) is 10.3. The average molecular weight is 467 g/mol. The molecule has 1 aromatic carbocycles. The second-order valence-electron chi connectivity index (χ2n) is 5.35. The minimum Gasteiger partial charge on any atom is -0.356 e. The highest BCUT2D eigenvalue weighted by molar-refractivity contribution is 14.0. The van der Waals surface area contributed by atoms with E-state index < -0.39 is 0 Å². The molecule has 0 saturated carbocycles. The molecule has 3 aromatic rings. The van der Waals surface area contributed by atoms with E-state index in [-0.39, 0.29) is 24.0 Å². The molecule has 0 saturated heterocycles. The summed E-state index contributed by atoms with van der Waals surface area (Å²) in [5, 5.41) is 7.79. The van der Waals surface area contributed by atoms with Crippen molar-refractivity contribution in [3.63, 3.8) is 0 Å². The van der Waals surface area contributed by atoms with Gasteiger partial charge in [0.2, 0.25) is 0 Å². The van der Waals surface area contributed by atoms with Gasteiger partial charge in [-0.15, -0.1) is 35.3 Å². The first kappa shape index (κ1) is 19.6. The number of fused-ring (bicyclic) bond motifs is 1. The van der Waals surface area contributed by atoms with Gasteiger partial charge in [-0.2, -0.15) is 0 Å². The predicted molar refractivity (Wildman–Crippen MR) is 116 cm³/mol. The number of guanidine groups is 1. The lowest BCUT2D eigenvalue weighted by Crippen LogP contribution is -2.37. The maximum absolute atomic E-state index is 4.66. The van der Waals surface area contributed by atoms with Crippen LogP contribution in [0.1, 0.15) is 17.1 Å². The van der Waals surface area contributed by atoms with Crippen LogP contribution in [-0.4, -0.2) is 29.5 Å². The first-order valence-corrected chi connectivity index (χ1v) is 8.85. The summed E-state index contributed by atoms with van der Waals surface area (Å²) < 4.78 is 1.26. The summed E-state index contributed by atoms with van der Waals surface area (Å²) in [5.41, 5.74) is 2.09. The van der Waals surface area contributed by atoms with Crippen LogP contribution in [0.5, 0.6) is 0 Å². The third-order valence-corrected chi connectivity index (χ3v) is 4.68. The lowest BCUT2D eigenvalue weighted by Gasteiger charge is -2.11. The third-order valence-electron chi connectivity index (χ3n) is 3.58. The van der Waals surface area contributed by atoms with Gasteiger partial charge in [-0.25, -0.2) is 4.98 Å². The summed E-state index contributed by atoms with van der Waals surface area (Å²) in [6.07, 6.45) is 3.79. The molecule has 0 aliphatic rings. The fourth-order valence-electron chi connectivity index (χ4n) is 2.37. The molecule has 25 heavy (non-hydrogen) atoms. The molecule has 2 heterocycles. The minimum atomic E-state index is 0. The van der Waals surface area contributed by atoms with Crippen molar-refractivity contribution in [2.24, 2.45) is 4.99 Å². The number of pyridine rings is 1. The normalized spacial score (nSPS) is 11.2. The summed E-state index contributed by atoms with van der Waals surface area (Å²) in [6.45, 7) is 1.52. The fraction of sp³-hybridized carbons (Fsp3) is 0.278. The van der Waals surface area contributed by atoms with Crippen LogP contribution in [0.4, 0.5) is 0 Å². The Balaban J connectivity index is 0.00000225. The Hall–Kier alpha value is -1.74. The number of thiazole rings is 1. The zero-order valence-corrected chi connectivity index (χ0v) is 17.3. The van der Waals surface area contributed by atoms with Gasteiger partial charge in [0, 0.05) is 26.2 Å². The topological polar surface area (TPSA) is 62.2 Å². The predicted octanol–water partition coefficient (Wildman–Crippen LogP) is 3.61. The number of benzene rings is 1. The zero-order valence-electron chi connectivity index (χ0n) is 14.1. The molecular weight excluding hydrogens is 445 g/mol. The molecule has 0 atom stereocenters. The number of aryl methyl sites for hydroxylation is 1. The van der Waals surface area contributed by atoms with Gasteiger partial charge in [-0.3, -0.25) is 9.98 Å². The number of para-hydroxylation sites is 1. The van der Waals surface area contributed by atoms with Gasteiger partial charge in [0.1, 0.15) is 0 Å². The van der Waals surface area contributed by atoms with E-state index in [1.807, 2.05) is 24.3 Å². The van der Waals surface area contributed by atoms with Crippen LogP contribution in [0, 0.1) is 0 Å². The van der Waals surface area contributed by atoms with E-state index in [9.17, 15) is 0 Å². The highest BCUT2D eigenvalue weighted by Crippen LogP contribution is 2.22. The fourth-order valence-corrected chi connectivity index (χ4v) is 3.38. The van der Waals surface area contributed by atoms with E-state index in [0.29, 0.717) is 6.54 Å². The smallest absolute Gasteiger partial charge is 0.191 e. The van der Waals surface area contributed by atoms with Crippen LogP contribution in [0.15, 0.2) is 53.7 Å². The van der Waals surface area contributed by atoms with Crippen molar-refractivity contribution in [3.05, 3.63) is 59.4 Å². The molecule has 2 aromatic heterocycles. The Kier molecular flexibility index (Phi) is 8.07. The lowest BCUT2D eigenvalue weighted by molar-refractivity contribution is 0.736. The van der Waals surface area contributed by atoms with E-state index in [0.717, 1.165) is 36.6 Å². The van der Waals surface area contributed by atoms with E-state index in [1.54, 1.807) is 24.6 Å². The van der Waals surface area contributed by atoms with Gasteiger partial charge in [0.15, 0.2) is 5.96 Å². The molecule has 0 spiro atoms. The van der Waals surface area contributed by atoms with Crippen molar-refractivity contribution in [2.45, 2.75) is 19.4 Å². The maximum Gasteiger partial charge on any atom is 0.191 e. The number of nitrogens with zero attached hydrogens (tertiary/aromatic N) is 3. The summed E-state index contributed by atoms with van der Waals surface area (Å²) in [6, 6.07) is 14.2. The third kappa shape index (κ3) is 5.93. The standard InChI is InChI=1S/C18H21N5S.HI/c1-19-18(22-13-14-7-4-5-11-20-14)21-12-6-10-17-23-15-8-2-3-9-16(15)24-17;/h2-5,7-9,11H,6,10,12-13H2,1H3,(H2,19,21,22);1H. The summed E-state index contributed by atoms with van der Waals surface area (Å²) in [7, 11) is 1.78. The van der Waals surface area contributed by atoms with Crippen LogP contribution in [0.25, 0.3) is 10.2 Å². The number of aromatic nitrogens is 2. The molecule has 0 bridgehead atoms. The Bertz CT molecular complexity index is 770. The molecule has 0 fully saturated rings. The molecule has 132 valence electrons. The van der Waals surface area contributed by atoms with E-state index >= 15 is 0 Å². The lowest BCUT2D eigenvalue weighted by atomic mass is 10.3. The van der Waals surface area contributed by atoms with Gasteiger partial charge in [-0.1, -0.05) is 18.2 Å². The van der Waals surface area contributed by atoms with E-state index in [2.05, 4.69) is 43.8 Å². The van der Waals surface area contributed by atoms with Gasteiger partial charge < -0.3 is 10.6 Å². The Morgan fingerprint density at radius 3 is 2.72 bits per heavy atom. The van der Waals surface area contributed by atoms with Crippen LogP contribution in [-0.2, 0) is 13.0 Å². The molecule has 7 heteroatoms. The van der Waals surface area contributed by atoms with Crippen molar-refractivity contribution in [1.82, 2.24) is 20.6 Å². The summed E-state index contributed by atoms with van der Waals surface area (Å²) in [5.74, 6) is 0.796. The molecule has 0 unspecified atom stereocenters. The van der Waals surface area contributed by atoms with E-state index in [4.69, 9.17) is 0 Å². The van der Waals surface area contributed by atoms with Gasteiger partial charge in [-0.05, 0) is 30.7 Å². The largest absolute Gasteiger partial charge is 0.356 e. The van der Waals surface area contributed by atoms with E-state index in [1.165, 1.54) is 9.71 Å². The molecular formula is C18H22IN5S. The highest BCUT2D eigenvalue weighted by atomic mass is 127. The summed E-state index contributed by atoms with van der Waals surface area (Å²) >= 11 is 1.78. The van der Waals surface area contributed by atoms with Crippen LogP contribution < -0.4 is 10.6 Å². The van der Waals surface area contributed by atoms with Crippen molar-refractivity contribution in [2.75, 3.05) is 13.6 Å². The number of nitrogens with one attached hydrogen (secondary N) is 2. The minimum absolute atomic E-state index is 0.